The summed E-state index contributed by atoms with van der Waals surface area (Å²) in [4.78, 5) is 0. The molecule has 0 fully saturated rings. The number of halogens is 1. The van der Waals surface area contributed by atoms with Gasteiger partial charge in [-0.15, -0.1) is 0 Å². The quantitative estimate of drug-likeness (QED) is 0.893. The van der Waals surface area contributed by atoms with Gasteiger partial charge in [0.15, 0.2) is 11.6 Å². The molecule has 3 rings (SSSR count). The van der Waals surface area contributed by atoms with E-state index in [1.165, 1.54) is 17.2 Å². The highest BCUT2D eigenvalue weighted by Gasteiger charge is 2.25. The Labute approximate surface area is 131 Å². The van der Waals surface area contributed by atoms with Crippen LogP contribution < -0.4 is 10.1 Å². The third-order valence-electron chi connectivity index (χ3n) is 4.36. The van der Waals surface area contributed by atoms with E-state index >= 15 is 0 Å². The Bertz CT molecular complexity index is 638. The second-order valence-corrected chi connectivity index (χ2v) is 5.83. The van der Waals surface area contributed by atoms with E-state index in [0.29, 0.717) is 12.4 Å². The number of hydrogen-bond donors (Lipinski definition) is 1. The van der Waals surface area contributed by atoms with Gasteiger partial charge in [0, 0.05) is 24.1 Å². The maximum atomic E-state index is 13.8. The molecule has 22 heavy (non-hydrogen) atoms. The first-order chi connectivity index (χ1) is 10.7. The Hall–Kier alpha value is -1.87. The van der Waals surface area contributed by atoms with Crippen molar-refractivity contribution >= 4 is 0 Å². The Balaban J connectivity index is 1.77. The highest BCUT2D eigenvalue weighted by Crippen LogP contribution is 2.35. The average molecular weight is 299 g/mol. The molecule has 2 aromatic rings. The summed E-state index contributed by atoms with van der Waals surface area (Å²) < 4.78 is 19.3. The lowest BCUT2D eigenvalue weighted by Crippen LogP contribution is -2.29. The minimum atomic E-state index is -0.274. The molecule has 3 heteroatoms. The molecule has 2 aromatic carbocycles. The fourth-order valence-corrected chi connectivity index (χ4v) is 3.00. The zero-order chi connectivity index (χ0) is 15.5. The molecule has 0 amide bonds. The van der Waals surface area contributed by atoms with Gasteiger partial charge in [0.05, 0.1) is 6.61 Å². The lowest BCUT2D eigenvalue weighted by atomic mass is 9.97. The van der Waals surface area contributed by atoms with Crippen LogP contribution in [0.25, 0.3) is 0 Å². The number of fused-ring (bicyclic) bond motifs is 1. The largest absolute Gasteiger partial charge is 0.490 e. The fourth-order valence-electron chi connectivity index (χ4n) is 3.00. The third kappa shape index (κ3) is 3.00. The molecular weight excluding hydrogens is 277 g/mol. The van der Waals surface area contributed by atoms with Crippen molar-refractivity contribution in [3.8, 4) is 5.75 Å². The summed E-state index contributed by atoms with van der Waals surface area (Å²) in [5.41, 5.74) is 3.51. The van der Waals surface area contributed by atoms with Crippen molar-refractivity contribution in [2.24, 2.45) is 0 Å². The number of nitrogens with one attached hydrogen (secondary N) is 1. The fraction of sp³-hybridized carbons (Fsp3) is 0.368. The van der Waals surface area contributed by atoms with Gasteiger partial charge in [-0.1, -0.05) is 43.3 Å². The molecule has 2 atom stereocenters. The molecule has 1 aliphatic heterocycles. The molecule has 0 saturated carbocycles. The number of benzene rings is 2. The van der Waals surface area contributed by atoms with Gasteiger partial charge in [0.25, 0.3) is 0 Å². The van der Waals surface area contributed by atoms with Crippen LogP contribution in [-0.2, 0) is 6.42 Å². The first-order valence-corrected chi connectivity index (χ1v) is 7.95. The van der Waals surface area contributed by atoms with Crippen LogP contribution in [0.2, 0.25) is 0 Å². The van der Waals surface area contributed by atoms with E-state index in [0.717, 1.165) is 18.4 Å². The number of para-hydroxylation sites is 1. The van der Waals surface area contributed by atoms with E-state index in [-0.39, 0.29) is 17.9 Å². The van der Waals surface area contributed by atoms with Gasteiger partial charge >= 0.3 is 0 Å². The summed E-state index contributed by atoms with van der Waals surface area (Å²) >= 11 is 0. The van der Waals surface area contributed by atoms with Crippen molar-refractivity contribution in [3.05, 3.63) is 65.0 Å². The van der Waals surface area contributed by atoms with E-state index in [2.05, 4.69) is 43.4 Å². The third-order valence-corrected chi connectivity index (χ3v) is 4.36. The lowest BCUT2D eigenvalue weighted by molar-refractivity contribution is 0.235. The van der Waals surface area contributed by atoms with Crippen LogP contribution in [0, 0.1) is 5.82 Å². The zero-order valence-corrected chi connectivity index (χ0v) is 13.1. The van der Waals surface area contributed by atoms with Crippen molar-refractivity contribution in [2.45, 2.75) is 38.8 Å². The van der Waals surface area contributed by atoms with Gasteiger partial charge in [-0.3, -0.25) is 0 Å². The monoisotopic (exact) mass is 299 g/mol. The summed E-state index contributed by atoms with van der Waals surface area (Å²) in [6.07, 6.45) is 1.91. The van der Waals surface area contributed by atoms with Crippen LogP contribution in [0.4, 0.5) is 4.39 Å². The van der Waals surface area contributed by atoms with Crippen LogP contribution in [-0.4, -0.2) is 6.61 Å². The van der Waals surface area contributed by atoms with Gasteiger partial charge in [0.1, 0.15) is 0 Å². The van der Waals surface area contributed by atoms with Crippen molar-refractivity contribution in [2.75, 3.05) is 6.61 Å². The Morgan fingerprint density at radius 1 is 1.23 bits per heavy atom. The summed E-state index contributed by atoms with van der Waals surface area (Å²) in [7, 11) is 0. The molecule has 0 saturated heterocycles. The molecule has 0 bridgehead atoms. The normalized spacial score (nSPS) is 18.4. The van der Waals surface area contributed by atoms with Crippen molar-refractivity contribution < 1.29 is 9.13 Å². The Kier molecular flexibility index (Phi) is 4.44. The molecular formula is C19H22FNO. The van der Waals surface area contributed by atoms with Crippen LogP contribution in [0.15, 0.2) is 42.5 Å². The predicted molar refractivity (Wildman–Crippen MR) is 86.6 cm³/mol. The Morgan fingerprint density at radius 3 is 2.73 bits per heavy atom. The molecule has 0 aromatic heterocycles. The van der Waals surface area contributed by atoms with Crippen molar-refractivity contribution in [1.29, 1.82) is 0 Å². The van der Waals surface area contributed by atoms with Gasteiger partial charge < -0.3 is 10.1 Å². The first kappa shape index (κ1) is 15.0. The molecule has 0 spiro atoms. The van der Waals surface area contributed by atoms with Crippen molar-refractivity contribution in [1.82, 2.24) is 5.32 Å². The minimum absolute atomic E-state index is 0.125. The summed E-state index contributed by atoms with van der Waals surface area (Å²) in [6, 6.07) is 14.2. The van der Waals surface area contributed by atoms with Crippen LogP contribution in [0.5, 0.6) is 5.75 Å². The first-order valence-electron chi connectivity index (χ1n) is 7.95. The predicted octanol–water partition coefficient (Wildman–Crippen LogP) is 4.56. The van der Waals surface area contributed by atoms with E-state index in [4.69, 9.17) is 4.74 Å². The molecule has 116 valence electrons. The van der Waals surface area contributed by atoms with E-state index in [1.807, 2.05) is 6.07 Å². The van der Waals surface area contributed by atoms with Gasteiger partial charge in [0.2, 0.25) is 0 Å². The summed E-state index contributed by atoms with van der Waals surface area (Å²) in [5.74, 6) is 0.128. The molecule has 0 radical (unpaired) electrons. The SMILES string of the molecule is CCc1ccc([C@@H](C)N[C@@H]2CCOc3c(F)cccc32)cc1. The van der Waals surface area contributed by atoms with Gasteiger partial charge in [-0.25, -0.2) is 4.39 Å². The smallest absolute Gasteiger partial charge is 0.165 e. The highest BCUT2D eigenvalue weighted by molar-refractivity contribution is 5.39. The molecule has 1 N–H and O–H groups in total. The number of rotatable bonds is 4. The molecule has 0 unspecified atom stereocenters. The lowest BCUT2D eigenvalue weighted by Gasteiger charge is -2.29. The van der Waals surface area contributed by atoms with Gasteiger partial charge in [-0.2, -0.15) is 0 Å². The molecule has 2 nitrogen and oxygen atoms in total. The van der Waals surface area contributed by atoms with Crippen LogP contribution >= 0.6 is 0 Å². The summed E-state index contributed by atoms with van der Waals surface area (Å²) in [6.45, 7) is 4.85. The van der Waals surface area contributed by atoms with Crippen molar-refractivity contribution in [3.63, 3.8) is 0 Å². The van der Waals surface area contributed by atoms with E-state index < -0.39 is 0 Å². The number of hydrogen-bond acceptors (Lipinski definition) is 2. The van der Waals surface area contributed by atoms with E-state index in [1.54, 1.807) is 6.07 Å². The second-order valence-electron chi connectivity index (χ2n) is 5.83. The maximum Gasteiger partial charge on any atom is 0.165 e. The highest BCUT2D eigenvalue weighted by atomic mass is 19.1. The molecule has 1 heterocycles. The van der Waals surface area contributed by atoms with Crippen LogP contribution in [0.1, 0.15) is 49.0 Å². The average Bonchev–Trinajstić information content (AvgIpc) is 2.56. The zero-order valence-electron chi connectivity index (χ0n) is 13.1. The summed E-state index contributed by atoms with van der Waals surface area (Å²) in [5, 5.41) is 3.61. The standard InChI is InChI=1S/C19H22FNO/c1-3-14-7-9-15(10-8-14)13(2)21-18-11-12-22-19-16(18)5-4-6-17(19)20/h4-10,13,18,21H,3,11-12H2,1-2H3/t13-,18-/m1/s1. The van der Waals surface area contributed by atoms with E-state index in [9.17, 15) is 4.39 Å². The topological polar surface area (TPSA) is 21.3 Å². The Morgan fingerprint density at radius 2 is 2.00 bits per heavy atom. The number of ether oxygens (including phenoxy) is 1. The van der Waals surface area contributed by atoms with Gasteiger partial charge in [-0.05, 0) is 30.5 Å². The van der Waals surface area contributed by atoms with Crippen LogP contribution in [0.3, 0.4) is 0 Å². The maximum absolute atomic E-state index is 13.8. The molecule has 0 aliphatic carbocycles. The molecule has 1 aliphatic rings. The minimum Gasteiger partial charge on any atom is -0.490 e. The number of aryl methyl sites for hydroxylation is 1. The second kappa shape index (κ2) is 6.49.